The summed E-state index contributed by atoms with van der Waals surface area (Å²) >= 11 is 6.00. The third kappa shape index (κ3) is 5.17. The van der Waals surface area contributed by atoms with Crippen molar-refractivity contribution in [2.45, 2.75) is 38.6 Å². The van der Waals surface area contributed by atoms with Crippen LogP contribution in [0.1, 0.15) is 31.9 Å². The van der Waals surface area contributed by atoms with E-state index in [0.29, 0.717) is 23.1 Å². The molecule has 0 amide bonds. The molecule has 5 heteroatoms. The monoisotopic (exact) mass is 388 g/mol. The zero-order valence-corrected chi connectivity index (χ0v) is 17.0. The first-order valence-electron chi connectivity index (χ1n) is 8.73. The van der Waals surface area contributed by atoms with Crippen LogP contribution in [0.3, 0.4) is 0 Å². The van der Waals surface area contributed by atoms with E-state index in [0.717, 1.165) is 11.1 Å². The van der Waals surface area contributed by atoms with Gasteiger partial charge in [0, 0.05) is 16.8 Å². The van der Waals surface area contributed by atoms with Crippen LogP contribution in [-0.2, 0) is 22.8 Å². The molecule has 0 aliphatic rings. The molecule has 0 aliphatic heterocycles. The zero-order chi connectivity index (χ0) is 19.2. The van der Waals surface area contributed by atoms with Crippen LogP contribution in [0.5, 0.6) is 0 Å². The molecule has 26 heavy (non-hydrogen) atoms. The highest BCUT2D eigenvalue weighted by Gasteiger charge is 2.39. The van der Waals surface area contributed by atoms with E-state index in [1.54, 1.807) is 0 Å². The van der Waals surface area contributed by atoms with Crippen molar-refractivity contribution < 1.29 is 4.21 Å². The fourth-order valence-corrected chi connectivity index (χ4v) is 4.44. The van der Waals surface area contributed by atoms with Crippen LogP contribution < -0.4 is 4.72 Å². The molecule has 138 valence electrons. The van der Waals surface area contributed by atoms with Crippen molar-refractivity contribution in [2.75, 3.05) is 5.75 Å². The first kappa shape index (κ1) is 20.6. The molecule has 3 atom stereocenters. The highest BCUT2D eigenvalue weighted by Crippen LogP contribution is 2.32. The maximum atomic E-state index is 12.4. The van der Waals surface area contributed by atoms with Crippen LogP contribution in [0.4, 0.5) is 0 Å². The quantitative estimate of drug-likeness (QED) is 0.716. The van der Waals surface area contributed by atoms with Crippen molar-refractivity contribution in [3.05, 3.63) is 70.7 Å². The maximum Gasteiger partial charge on any atom is 0.102 e. The Kier molecular flexibility index (Phi) is 7.40. The Balaban J connectivity index is 2.38. The summed E-state index contributed by atoms with van der Waals surface area (Å²) < 4.78 is 15.6. The van der Waals surface area contributed by atoms with Gasteiger partial charge in [-0.05, 0) is 42.5 Å². The summed E-state index contributed by atoms with van der Waals surface area (Å²) in [6.45, 7) is 6.00. The van der Waals surface area contributed by atoms with E-state index in [1.807, 2.05) is 75.4 Å². The largest absolute Gasteiger partial charge is 0.243 e. The predicted octanol–water partition coefficient (Wildman–Crippen LogP) is 4.64. The number of nitrogens with zero attached hydrogens (tertiary/aromatic N) is 1. The number of benzene rings is 2. The van der Waals surface area contributed by atoms with Gasteiger partial charge < -0.3 is 0 Å². The number of rotatable bonds is 8. The second-order valence-corrected chi connectivity index (χ2v) is 8.69. The zero-order valence-electron chi connectivity index (χ0n) is 15.4. The number of halogens is 1. The fourth-order valence-electron chi connectivity index (χ4n) is 3.01. The lowest BCUT2D eigenvalue weighted by molar-refractivity contribution is 0.428. The lowest BCUT2D eigenvalue weighted by Crippen LogP contribution is -2.48. The Morgan fingerprint density at radius 2 is 1.73 bits per heavy atom. The number of hydrogen-bond donors (Lipinski definition) is 1. The topological polar surface area (TPSA) is 52.9 Å². The number of nitrogens with one attached hydrogen (secondary N) is 1. The third-order valence-electron chi connectivity index (χ3n) is 4.42. The van der Waals surface area contributed by atoms with Crippen molar-refractivity contribution in [2.24, 2.45) is 5.92 Å². The summed E-state index contributed by atoms with van der Waals surface area (Å²) in [7, 11) is -1.19. The highest BCUT2D eigenvalue weighted by atomic mass is 35.5. The molecule has 0 saturated carbocycles. The molecule has 0 fully saturated rings. The van der Waals surface area contributed by atoms with E-state index in [1.165, 1.54) is 0 Å². The average molecular weight is 389 g/mol. The second kappa shape index (κ2) is 9.32. The minimum Gasteiger partial charge on any atom is -0.243 e. The van der Waals surface area contributed by atoms with E-state index in [-0.39, 0.29) is 6.04 Å². The van der Waals surface area contributed by atoms with Crippen LogP contribution >= 0.6 is 11.6 Å². The Morgan fingerprint density at radius 3 is 2.27 bits per heavy atom. The van der Waals surface area contributed by atoms with Gasteiger partial charge in [-0.1, -0.05) is 67.9 Å². The van der Waals surface area contributed by atoms with E-state index in [2.05, 4.69) is 10.8 Å². The third-order valence-corrected chi connectivity index (χ3v) is 6.25. The van der Waals surface area contributed by atoms with Gasteiger partial charge in [-0.25, -0.2) is 8.93 Å². The smallest absolute Gasteiger partial charge is 0.102 e. The average Bonchev–Trinajstić information content (AvgIpc) is 2.61. The molecule has 0 saturated heterocycles. The van der Waals surface area contributed by atoms with Crippen LogP contribution in [0.2, 0.25) is 5.02 Å². The Bertz CT molecular complexity index is 771. The maximum absolute atomic E-state index is 12.4. The van der Waals surface area contributed by atoms with Crippen LogP contribution in [0.25, 0.3) is 0 Å². The molecule has 0 aliphatic carbocycles. The molecule has 2 aromatic carbocycles. The van der Waals surface area contributed by atoms with Gasteiger partial charge in [0.25, 0.3) is 0 Å². The summed E-state index contributed by atoms with van der Waals surface area (Å²) in [6.07, 6.45) is 0.512. The van der Waals surface area contributed by atoms with Crippen LogP contribution in [-0.4, -0.2) is 16.0 Å². The molecule has 2 rings (SSSR count). The normalized spacial score (nSPS) is 15.8. The summed E-state index contributed by atoms with van der Waals surface area (Å²) in [5.74, 6) is 0.877. The molecule has 0 aromatic heterocycles. The molecule has 2 aromatic rings. The number of hydrogen-bond acceptors (Lipinski definition) is 2. The van der Waals surface area contributed by atoms with Gasteiger partial charge in [0.05, 0.1) is 17.1 Å². The molecule has 3 nitrogen and oxygen atoms in total. The predicted molar refractivity (Wildman–Crippen MR) is 109 cm³/mol. The van der Waals surface area contributed by atoms with Crippen molar-refractivity contribution in [1.29, 1.82) is 5.26 Å². The van der Waals surface area contributed by atoms with Gasteiger partial charge in [-0.3, -0.25) is 0 Å². The molecule has 1 N–H and O–H groups in total. The standard InChI is InChI=1S/C21H25ClN2OS/c1-16(2)14-26(25)24-17(3)21(15-23,19-7-5-4-6-8-19)13-18-9-11-20(22)12-10-18/h4-12,16-17,24H,13-14H2,1-3H3/t17?,21?,26-/m0/s1. The Morgan fingerprint density at radius 1 is 1.12 bits per heavy atom. The molecule has 2 unspecified atom stereocenters. The second-order valence-electron chi connectivity index (χ2n) is 7.00. The van der Waals surface area contributed by atoms with E-state index in [9.17, 15) is 9.47 Å². The van der Waals surface area contributed by atoms with Gasteiger partial charge in [0.2, 0.25) is 0 Å². The van der Waals surface area contributed by atoms with Crippen LogP contribution in [0.15, 0.2) is 54.6 Å². The first-order chi connectivity index (χ1) is 12.4. The van der Waals surface area contributed by atoms with Gasteiger partial charge >= 0.3 is 0 Å². The van der Waals surface area contributed by atoms with E-state index >= 15 is 0 Å². The van der Waals surface area contributed by atoms with Crippen molar-refractivity contribution in [1.82, 2.24) is 4.72 Å². The minimum atomic E-state index is -1.19. The molecule has 0 spiro atoms. The van der Waals surface area contributed by atoms with Gasteiger partial charge in [0.1, 0.15) is 5.41 Å². The fraction of sp³-hybridized carbons (Fsp3) is 0.381. The number of nitriles is 1. The molecular weight excluding hydrogens is 364 g/mol. The van der Waals surface area contributed by atoms with E-state index in [4.69, 9.17) is 11.6 Å². The molecular formula is C21H25ClN2OS. The lowest BCUT2D eigenvalue weighted by Gasteiger charge is -2.34. The van der Waals surface area contributed by atoms with Crippen LogP contribution in [0, 0.1) is 17.2 Å². The summed E-state index contributed by atoms with van der Waals surface area (Å²) in [5.41, 5.74) is 1.10. The Labute approximate surface area is 164 Å². The van der Waals surface area contributed by atoms with Gasteiger partial charge in [0.15, 0.2) is 0 Å². The van der Waals surface area contributed by atoms with Crippen molar-refractivity contribution in [3.8, 4) is 6.07 Å². The first-order valence-corrected chi connectivity index (χ1v) is 10.4. The molecule has 0 bridgehead atoms. The minimum absolute atomic E-state index is 0.287. The molecule has 0 radical (unpaired) electrons. The van der Waals surface area contributed by atoms with Gasteiger partial charge in [-0.15, -0.1) is 0 Å². The Hall–Kier alpha value is -1.67. The summed E-state index contributed by atoms with van der Waals surface area (Å²) in [5, 5.41) is 10.9. The SMILES string of the molecule is CC(C)C[S@](=O)NC(C)C(C#N)(Cc1ccc(Cl)cc1)c1ccccc1. The van der Waals surface area contributed by atoms with Crippen molar-refractivity contribution in [3.63, 3.8) is 0 Å². The summed E-state index contributed by atoms with van der Waals surface area (Å²) in [6, 6.07) is 19.5. The summed E-state index contributed by atoms with van der Waals surface area (Å²) in [4.78, 5) is 0. The van der Waals surface area contributed by atoms with E-state index < -0.39 is 16.4 Å². The highest BCUT2D eigenvalue weighted by molar-refractivity contribution is 7.83. The molecule has 0 heterocycles. The van der Waals surface area contributed by atoms with Crippen molar-refractivity contribution >= 4 is 22.6 Å². The lowest BCUT2D eigenvalue weighted by atomic mass is 9.72. The van der Waals surface area contributed by atoms with Gasteiger partial charge in [-0.2, -0.15) is 5.26 Å².